The lowest BCUT2D eigenvalue weighted by Gasteiger charge is -2.15. The summed E-state index contributed by atoms with van der Waals surface area (Å²) in [5, 5.41) is 13.9. The SMILES string of the molecule is C[C@H](O)Cn1c(SCc2cccc3ccccc23)nc2cc(Cl)ccc2c1=O. The van der Waals surface area contributed by atoms with Crippen LogP contribution in [-0.4, -0.2) is 20.8 Å². The van der Waals surface area contributed by atoms with Crippen molar-refractivity contribution in [1.29, 1.82) is 0 Å². The van der Waals surface area contributed by atoms with Crippen molar-refractivity contribution in [3.05, 3.63) is 81.6 Å². The smallest absolute Gasteiger partial charge is 0.262 e. The molecule has 0 aliphatic heterocycles. The maximum absolute atomic E-state index is 13.0. The monoisotopic (exact) mass is 410 g/mol. The number of fused-ring (bicyclic) bond motifs is 2. The number of aliphatic hydroxyl groups is 1. The van der Waals surface area contributed by atoms with E-state index in [0.717, 1.165) is 0 Å². The second kappa shape index (κ2) is 7.95. The molecule has 4 aromatic rings. The fraction of sp³-hybridized carbons (Fsp3) is 0.182. The predicted octanol–water partition coefficient (Wildman–Crippen LogP) is 4.88. The van der Waals surface area contributed by atoms with Gasteiger partial charge >= 0.3 is 0 Å². The summed E-state index contributed by atoms with van der Waals surface area (Å²) in [6.45, 7) is 1.86. The predicted molar refractivity (Wildman–Crippen MR) is 116 cm³/mol. The number of nitrogens with zero attached hydrogens (tertiary/aromatic N) is 2. The molecule has 1 atom stereocenters. The zero-order valence-corrected chi connectivity index (χ0v) is 16.9. The van der Waals surface area contributed by atoms with Gasteiger partial charge in [-0.3, -0.25) is 9.36 Å². The summed E-state index contributed by atoms with van der Waals surface area (Å²) in [7, 11) is 0. The molecule has 0 saturated carbocycles. The quantitative estimate of drug-likeness (QED) is 0.376. The van der Waals surface area contributed by atoms with Crippen LogP contribution in [0.15, 0.2) is 70.6 Å². The molecule has 1 heterocycles. The standard InChI is InChI=1S/C22H19ClN2O2S/c1-14(26)12-25-21(27)19-10-9-17(23)11-20(19)24-22(25)28-13-16-7-4-6-15-5-2-3-8-18(15)16/h2-11,14,26H,12-13H2,1H3/t14-/m0/s1. The first kappa shape index (κ1) is 19.0. The Morgan fingerprint density at radius 2 is 1.89 bits per heavy atom. The molecule has 0 fully saturated rings. The van der Waals surface area contributed by atoms with E-state index < -0.39 is 6.10 Å². The number of benzene rings is 3. The molecule has 6 heteroatoms. The molecule has 4 nitrogen and oxygen atoms in total. The second-order valence-electron chi connectivity index (χ2n) is 6.75. The lowest BCUT2D eigenvalue weighted by atomic mass is 10.1. The van der Waals surface area contributed by atoms with Crippen molar-refractivity contribution in [3.63, 3.8) is 0 Å². The van der Waals surface area contributed by atoms with E-state index in [9.17, 15) is 9.90 Å². The average Bonchev–Trinajstić information content (AvgIpc) is 2.68. The number of hydrogen-bond donors (Lipinski definition) is 1. The van der Waals surface area contributed by atoms with E-state index >= 15 is 0 Å². The fourth-order valence-electron chi connectivity index (χ4n) is 3.27. The summed E-state index contributed by atoms with van der Waals surface area (Å²) in [5.41, 5.74) is 1.58. The molecule has 4 rings (SSSR count). The molecular formula is C22H19ClN2O2S. The van der Waals surface area contributed by atoms with Crippen LogP contribution >= 0.6 is 23.4 Å². The van der Waals surface area contributed by atoms with Gasteiger partial charge in [-0.2, -0.15) is 0 Å². The number of aliphatic hydroxyl groups excluding tert-OH is 1. The molecule has 142 valence electrons. The lowest BCUT2D eigenvalue weighted by Crippen LogP contribution is -2.27. The summed E-state index contributed by atoms with van der Waals surface area (Å²) in [4.78, 5) is 17.7. The highest BCUT2D eigenvalue weighted by Gasteiger charge is 2.14. The summed E-state index contributed by atoms with van der Waals surface area (Å²) < 4.78 is 1.55. The van der Waals surface area contributed by atoms with Crippen LogP contribution in [0.5, 0.6) is 0 Å². The highest BCUT2D eigenvalue weighted by molar-refractivity contribution is 7.98. The van der Waals surface area contributed by atoms with Crippen molar-refractivity contribution in [2.45, 2.75) is 30.5 Å². The van der Waals surface area contributed by atoms with Gasteiger partial charge in [-0.15, -0.1) is 0 Å². The van der Waals surface area contributed by atoms with Gasteiger partial charge in [0, 0.05) is 10.8 Å². The van der Waals surface area contributed by atoms with Crippen molar-refractivity contribution in [3.8, 4) is 0 Å². The van der Waals surface area contributed by atoms with E-state index in [-0.39, 0.29) is 12.1 Å². The van der Waals surface area contributed by atoms with Gasteiger partial charge in [0.2, 0.25) is 0 Å². The van der Waals surface area contributed by atoms with Crippen molar-refractivity contribution >= 4 is 45.0 Å². The Labute approximate surface area is 171 Å². The third kappa shape index (κ3) is 3.78. The molecule has 0 unspecified atom stereocenters. The zero-order chi connectivity index (χ0) is 19.7. The van der Waals surface area contributed by atoms with Crippen molar-refractivity contribution in [2.75, 3.05) is 0 Å². The Morgan fingerprint density at radius 1 is 1.11 bits per heavy atom. The number of hydrogen-bond acceptors (Lipinski definition) is 4. The van der Waals surface area contributed by atoms with E-state index in [1.165, 1.54) is 28.1 Å². The normalized spacial score (nSPS) is 12.5. The van der Waals surface area contributed by atoms with Gasteiger partial charge < -0.3 is 5.11 Å². The number of thioether (sulfide) groups is 1. The van der Waals surface area contributed by atoms with E-state index in [0.29, 0.717) is 26.8 Å². The Morgan fingerprint density at radius 3 is 2.71 bits per heavy atom. The molecule has 0 bridgehead atoms. The van der Waals surface area contributed by atoms with Crippen molar-refractivity contribution < 1.29 is 5.11 Å². The van der Waals surface area contributed by atoms with E-state index in [1.807, 2.05) is 18.2 Å². The summed E-state index contributed by atoms with van der Waals surface area (Å²) in [6.07, 6.45) is -0.652. The van der Waals surface area contributed by atoms with Gasteiger partial charge in [-0.1, -0.05) is 65.8 Å². The van der Waals surface area contributed by atoms with Crippen LogP contribution in [0.25, 0.3) is 21.7 Å². The van der Waals surface area contributed by atoms with Gasteiger partial charge in [-0.05, 0) is 41.5 Å². The van der Waals surface area contributed by atoms with Gasteiger partial charge in [-0.25, -0.2) is 4.98 Å². The van der Waals surface area contributed by atoms with Gasteiger partial charge in [0.05, 0.1) is 23.6 Å². The molecule has 1 aromatic heterocycles. The highest BCUT2D eigenvalue weighted by atomic mass is 35.5. The minimum Gasteiger partial charge on any atom is -0.392 e. The first-order chi connectivity index (χ1) is 13.5. The molecule has 1 N–H and O–H groups in total. The lowest BCUT2D eigenvalue weighted by molar-refractivity contribution is 0.168. The number of rotatable bonds is 5. The fourth-order valence-corrected chi connectivity index (χ4v) is 4.45. The third-order valence-corrected chi connectivity index (χ3v) is 5.83. The Kier molecular flexibility index (Phi) is 5.40. The van der Waals surface area contributed by atoms with Crippen molar-refractivity contribution in [2.24, 2.45) is 0 Å². The Bertz CT molecular complexity index is 1220. The van der Waals surface area contributed by atoms with Crippen LogP contribution in [-0.2, 0) is 12.3 Å². The largest absolute Gasteiger partial charge is 0.392 e. The Balaban J connectivity index is 1.77. The average molecular weight is 411 g/mol. The zero-order valence-electron chi connectivity index (χ0n) is 15.3. The molecule has 0 saturated heterocycles. The van der Waals surface area contributed by atoms with E-state index in [1.54, 1.807) is 29.7 Å². The van der Waals surface area contributed by atoms with E-state index in [2.05, 4.69) is 29.2 Å². The molecular weight excluding hydrogens is 392 g/mol. The molecule has 3 aromatic carbocycles. The van der Waals surface area contributed by atoms with Crippen LogP contribution in [0, 0.1) is 0 Å². The highest BCUT2D eigenvalue weighted by Crippen LogP contribution is 2.27. The summed E-state index contributed by atoms with van der Waals surface area (Å²) >= 11 is 7.58. The number of aromatic nitrogens is 2. The minimum atomic E-state index is -0.652. The van der Waals surface area contributed by atoms with Crippen molar-refractivity contribution in [1.82, 2.24) is 9.55 Å². The van der Waals surface area contributed by atoms with Crippen LogP contribution in [0.1, 0.15) is 12.5 Å². The van der Waals surface area contributed by atoms with Gasteiger partial charge in [0.15, 0.2) is 5.16 Å². The molecule has 0 spiro atoms. The molecule has 0 radical (unpaired) electrons. The minimum absolute atomic E-state index is 0.164. The molecule has 28 heavy (non-hydrogen) atoms. The number of halogens is 1. The van der Waals surface area contributed by atoms with Crippen LogP contribution in [0.3, 0.4) is 0 Å². The summed E-state index contributed by atoms with van der Waals surface area (Å²) in [6, 6.07) is 19.5. The molecule has 0 aliphatic rings. The maximum atomic E-state index is 13.0. The van der Waals surface area contributed by atoms with Gasteiger partial charge in [0.1, 0.15) is 0 Å². The first-order valence-corrected chi connectivity index (χ1v) is 10.4. The maximum Gasteiger partial charge on any atom is 0.262 e. The van der Waals surface area contributed by atoms with E-state index in [4.69, 9.17) is 11.6 Å². The first-order valence-electron chi connectivity index (χ1n) is 9.00. The Hall–Kier alpha value is -2.34. The third-order valence-electron chi connectivity index (χ3n) is 4.57. The summed E-state index contributed by atoms with van der Waals surface area (Å²) in [5.74, 6) is 0.666. The second-order valence-corrected chi connectivity index (χ2v) is 8.13. The molecule has 0 aliphatic carbocycles. The van der Waals surface area contributed by atoms with Crippen LogP contribution < -0.4 is 5.56 Å². The topological polar surface area (TPSA) is 55.1 Å². The van der Waals surface area contributed by atoms with Crippen LogP contribution in [0.4, 0.5) is 0 Å². The molecule has 0 amide bonds. The van der Waals surface area contributed by atoms with Gasteiger partial charge in [0.25, 0.3) is 5.56 Å². The van der Waals surface area contributed by atoms with Crippen LogP contribution in [0.2, 0.25) is 5.02 Å².